The Labute approximate surface area is 115 Å². The number of hydrogen-bond donors (Lipinski definition) is 1. The summed E-state index contributed by atoms with van der Waals surface area (Å²) in [6.45, 7) is 2.01. The van der Waals surface area contributed by atoms with Gasteiger partial charge in [-0.1, -0.05) is 30.1 Å². The third kappa shape index (κ3) is 2.66. The average molecular weight is 284 g/mol. The highest BCUT2D eigenvalue weighted by Gasteiger charge is 2.09. The molecule has 0 spiro atoms. The molecule has 0 radical (unpaired) electrons. The molecule has 18 heavy (non-hydrogen) atoms. The minimum Gasteiger partial charge on any atom is -0.437 e. The molecule has 0 saturated heterocycles. The van der Waals surface area contributed by atoms with Crippen LogP contribution in [0.15, 0.2) is 24.5 Å². The molecule has 0 unspecified atom stereocenters. The van der Waals surface area contributed by atoms with Crippen molar-refractivity contribution in [2.45, 2.75) is 13.3 Å². The van der Waals surface area contributed by atoms with Crippen LogP contribution >= 0.6 is 23.2 Å². The van der Waals surface area contributed by atoms with E-state index in [0.717, 1.165) is 12.0 Å². The zero-order valence-corrected chi connectivity index (χ0v) is 11.2. The number of halogens is 2. The van der Waals surface area contributed by atoms with Crippen LogP contribution in [0.5, 0.6) is 11.6 Å². The van der Waals surface area contributed by atoms with Crippen LogP contribution in [0.3, 0.4) is 0 Å². The summed E-state index contributed by atoms with van der Waals surface area (Å²) in [7, 11) is 0. The largest absolute Gasteiger partial charge is 0.437 e. The van der Waals surface area contributed by atoms with Gasteiger partial charge in [0.15, 0.2) is 5.15 Å². The third-order valence-electron chi connectivity index (χ3n) is 2.41. The molecule has 0 atom stereocenters. The predicted molar refractivity (Wildman–Crippen MR) is 72.4 cm³/mol. The number of aryl methyl sites for hydroxylation is 1. The Morgan fingerprint density at radius 1 is 1.28 bits per heavy atom. The maximum atomic E-state index is 6.03. The predicted octanol–water partition coefficient (Wildman–Crippen LogP) is 3.72. The van der Waals surface area contributed by atoms with Crippen molar-refractivity contribution < 1.29 is 4.74 Å². The number of nitrogens with zero attached hydrogens (tertiary/aromatic N) is 2. The van der Waals surface area contributed by atoms with Crippen LogP contribution in [0.1, 0.15) is 12.5 Å². The van der Waals surface area contributed by atoms with Gasteiger partial charge in [-0.2, -0.15) is 4.98 Å². The minimum atomic E-state index is 0.171. The fourth-order valence-corrected chi connectivity index (χ4v) is 1.81. The summed E-state index contributed by atoms with van der Waals surface area (Å²) < 4.78 is 5.57. The summed E-state index contributed by atoms with van der Waals surface area (Å²) in [4.78, 5) is 7.69. The van der Waals surface area contributed by atoms with Gasteiger partial charge in [-0.05, 0) is 30.2 Å². The zero-order chi connectivity index (χ0) is 13.1. The Kier molecular flexibility index (Phi) is 3.89. The fourth-order valence-electron chi connectivity index (χ4n) is 1.44. The second kappa shape index (κ2) is 5.42. The highest BCUT2D eigenvalue weighted by Crippen LogP contribution is 2.30. The molecular formula is C12H11Cl2N3O. The molecule has 0 aliphatic heterocycles. The third-order valence-corrected chi connectivity index (χ3v) is 3.08. The van der Waals surface area contributed by atoms with Gasteiger partial charge >= 0.3 is 0 Å². The van der Waals surface area contributed by atoms with E-state index in [-0.39, 0.29) is 16.7 Å². The van der Waals surface area contributed by atoms with E-state index in [4.69, 9.17) is 33.7 Å². The van der Waals surface area contributed by atoms with Crippen molar-refractivity contribution in [1.82, 2.24) is 9.97 Å². The van der Waals surface area contributed by atoms with Gasteiger partial charge in [-0.3, -0.25) is 0 Å². The van der Waals surface area contributed by atoms with Gasteiger partial charge in [-0.15, -0.1) is 0 Å². The number of nitrogen functional groups attached to an aromatic ring is 1. The molecule has 94 valence electrons. The van der Waals surface area contributed by atoms with Gasteiger partial charge in [0, 0.05) is 5.02 Å². The molecule has 6 heteroatoms. The van der Waals surface area contributed by atoms with E-state index >= 15 is 0 Å². The molecule has 4 nitrogen and oxygen atoms in total. The van der Waals surface area contributed by atoms with Crippen LogP contribution in [0, 0.1) is 0 Å². The first-order valence-corrected chi connectivity index (χ1v) is 6.09. The number of anilines is 1. The van der Waals surface area contributed by atoms with Crippen LogP contribution in [0.25, 0.3) is 0 Å². The molecule has 2 aromatic rings. The normalized spacial score (nSPS) is 10.4. The van der Waals surface area contributed by atoms with Crippen LogP contribution in [0.2, 0.25) is 10.2 Å². The average Bonchev–Trinajstić information content (AvgIpc) is 2.37. The lowest BCUT2D eigenvalue weighted by molar-refractivity contribution is 0.463. The fraction of sp³-hybridized carbons (Fsp3) is 0.167. The Morgan fingerprint density at radius 2 is 2.06 bits per heavy atom. The molecule has 0 saturated carbocycles. The van der Waals surface area contributed by atoms with Crippen molar-refractivity contribution in [1.29, 1.82) is 0 Å². The highest BCUT2D eigenvalue weighted by molar-refractivity contribution is 6.32. The van der Waals surface area contributed by atoms with Crippen LogP contribution in [-0.2, 0) is 6.42 Å². The SMILES string of the molecule is CCc1cc(Oc2ncnc(Cl)c2N)ccc1Cl. The van der Waals surface area contributed by atoms with Crippen molar-refractivity contribution >= 4 is 28.9 Å². The molecule has 0 amide bonds. The maximum Gasteiger partial charge on any atom is 0.247 e. The first kappa shape index (κ1) is 12.9. The number of ether oxygens (including phenoxy) is 1. The van der Waals surface area contributed by atoms with Crippen LogP contribution in [0.4, 0.5) is 5.69 Å². The van der Waals surface area contributed by atoms with Gasteiger partial charge in [0.1, 0.15) is 17.8 Å². The van der Waals surface area contributed by atoms with E-state index in [2.05, 4.69) is 9.97 Å². The lowest BCUT2D eigenvalue weighted by Gasteiger charge is -2.09. The van der Waals surface area contributed by atoms with Crippen LogP contribution < -0.4 is 10.5 Å². The number of nitrogens with two attached hydrogens (primary N) is 1. The molecule has 0 aliphatic rings. The van der Waals surface area contributed by atoms with E-state index in [1.54, 1.807) is 12.1 Å². The molecule has 1 aromatic heterocycles. The number of rotatable bonds is 3. The number of aromatic nitrogens is 2. The first-order chi connectivity index (χ1) is 8.61. The van der Waals surface area contributed by atoms with E-state index in [9.17, 15) is 0 Å². The molecular weight excluding hydrogens is 273 g/mol. The molecule has 1 aromatic carbocycles. The van der Waals surface area contributed by atoms with E-state index < -0.39 is 0 Å². The van der Waals surface area contributed by atoms with Crippen molar-refractivity contribution in [2.75, 3.05) is 5.73 Å². The van der Waals surface area contributed by atoms with Crippen molar-refractivity contribution in [2.24, 2.45) is 0 Å². The van der Waals surface area contributed by atoms with Crippen LogP contribution in [-0.4, -0.2) is 9.97 Å². The standard InChI is InChI=1S/C12H11Cl2N3O/c1-2-7-5-8(3-4-9(7)13)18-12-10(15)11(14)16-6-17-12/h3-6H,2,15H2,1H3. The van der Waals surface area contributed by atoms with Gasteiger partial charge < -0.3 is 10.5 Å². The van der Waals surface area contributed by atoms with Gasteiger partial charge in [0.05, 0.1) is 0 Å². The summed E-state index contributed by atoms with van der Waals surface area (Å²) >= 11 is 11.8. The van der Waals surface area contributed by atoms with Crippen molar-refractivity contribution in [3.8, 4) is 11.6 Å². The first-order valence-electron chi connectivity index (χ1n) is 5.34. The molecule has 0 fully saturated rings. The van der Waals surface area contributed by atoms with Gasteiger partial charge in [0.2, 0.25) is 5.88 Å². The second-order valence-electron chi connectivity index (χ2n) is 3.59. The molecule has 1 heterocycles. The van der Waals surface area contributed by atoms with Gasteiger partial charge in [0.25, 0.3) is 0 Å². The topological polar surface area (TPSA) is 61.0 Å². The minimum absolute atomic E-state index is 0.171. The molecule has 2 N–H and O–H groups in total. The summed E-state index contributed by atoms with van der Waals surface area (Å²) in [6, 6.07) is 5.36. The number of hydrogen-bond acceptors (Lipinski definition) is 4. The quantitative estimate of drug-likeness (QED) is 0.872. The summed E-state index contributed by atoms with van der Waals surface area (Å²) in [5, 5.41) is 0.878. The van der Waals surface area contributed by atoms with Crippen molar-refractivity contribution in [3.05, 3.63) is 40.3 Å². The monoisotopic (exact) mass is 283 g/mol. The Balaban J connectivity index is 2.31. The Hall–Kier alpha value is -1.52. The molecule has 0 bridgehead atoms. The second-order valence-corrected chi connectivity index (χ2v) is 4.36. The smallest absolute Gasteiger partial charge is 0.247 e. The Bertz CT molecular complexity index is 575. The van der Waals surface area contributed by atoms with E-state index in [1.165, 1.54) is 6.33 Å². The highest BCUT2D eigenvalue weighted by atomic mass is 35.5. The lowest BCUT2D eigenvalue weighted by Crippen LogP contribution is -1.97. The Morgan fingerprint density at radius 3 is 2.78 bits per heavy atom. The summed E-state index contributed by atoms with van der Waals surface area (Å²) in [6.07, 6.45) is 2.11. The number of benzene rings is 1. The van der Waals surface area contributed by atoms with E-state index in [1.807, 2.05) is 13.0 Å². The summed E-state index contributed by atoms with van der Waals surface area (Å²) in [5.74, 6) is 0.845. The maximum absolute atomic E-state index is 6.03. The lowest BCUT2D eigenvalue weighted by atomic mass is 10.1. The van der Waals surface area contributed by atoms with E-state index in [0.29, 0.717) is 10.8 Å². The van der Waals surface area contributed by atoms with Gasteiger partial charge in [-0.25, -0.2) is 4.98 Å². The molecule has 0 aliphatic carbocycles. The molecule has 2 rings (SSSR count). The van der Waals surface area contributed by atoms with Crippen molar-refractivity contribution in [3.63, 3.8) is 0 Å². The summed E-state index contributed by atoms with van der Waals surface area (Å²) in [5.41, 5.74) is 6.93. The zero-order valence-electron chi connectivity index (χ0n) is 9.65.